The van der Waals surface area contributed by atoms with Crippen molar-refractivity contribution >= 4 is 11.6 Å². The predicted octanol–water partition coefficient (Wildman–Crippen LogP) is 0.910. The van der Waals surface area contributed by atoms with Crippen LogP contribution < -0.4 is 10.1 Å². The standard InChI is InChI=1S/C9H10N2O4/c1-15-8-4-2-7(3-5-8)10-9(12)6-11(13)14/h2-5H,6H2,1H3,(H,10,12). The minimum absolute atomic E-state index is 0.502. The number of nitro groups is 1. The van der Waals surface area contributed by atoms with Crippen LogP contribution in [0.3, 0.4) is 0 Å². The van der Waals surface area contributed by atoms with E-state index < -0.39 is 17.4 Å². The van der Waals surface area contributed by atoms with E-state index >= 15 is 0 Å². The number of ether oxygens (including phenoxy) is 1. The Kier molecular flexibility index (Phi) is 3.61. The van der Waals surface area contributed by atoms with E-state index in [1.54, 1.807) is 24.3 Å². The van der Waals surface area contributed by atoms with Gasteiger partial charge in [-0.15, -0.1) is 0 Å². The van der Waals surface area contributed by atoms with Gasteiger partial charge in [-0.05, 0) is 24.3 Å². The summed E-state index contributed by atoms with van der Waals surface area (Å²) < 4.78 is 4.92. The van der Waals surface area contributed by atoms with Crippen LogP contribution in [0.2, 0.25) is 0 Å². The van der Waals surface area contributed by atoms with Crippen LogP contribution >= 0.6 is 0 Å². The van der Waals surface area contributed by atoms with Crippen molar-refractivity contribution in [1.29, 1.82) is 0 Å². The Hall–Kier alpha value is -2.11. The van der Waals surface area contributed by atoms with Crippen molar-refractivity contribution < 1.29 is 14.5 Å². The molecule has 1 amide bonds. The van der Waals surface area contributed by atoms with E-state index in [-0.39, 0.29) is 0 Å². The summed E-state index contributed by atoms with van der Waals surface area (Å²) >= 11 is 0. The smallest absolute Gasteiger partial charge is 0.296 e. The largest absolute Gasteiger partial charge is 0.497 e. The maximum absolute atomic E-state index is 11.0. The van der Waals surface area contributed by atoms with Crippen molar-refractivity contribution in [1.82, 2.24) is 0 Å². The molecule has 0 radical (unpaired) electrons. The van der Waals surface area contributed by atoms with E-state index in [1.807, 2.05) is 0 Å². The van der Waals surface area contributed by atoms with Crippen molar-refractivity contribution in [3.05, 3.63) is 34.4 Å². The lowest BCUT2D eigenvalue weighted by molar-refractivity contribution is -0.467. The van der Waals surface area contributed by atoms with E-state index in [0.717, 1.165) is 0 Å². The summed E-state index contributed by atoms with van der Waals surface area (Å²) in [5.74, 6) is 0.00689. The molecule has 80 valence electrons. The number of nitrogens with one attached hydrogen (secondary N) is 1. The fourth-order valence-corrected chi connectivity index (χ4v) is 0.992. The highest BCUT2D eigenvalue weighted by Crippen LogP contribution is 2.14. The Balaban J connectivity index is 2.57. The molecule has 0 unspecified atom stereocenters. The third-order valence-electron chi connectivity index (χ3n) is 1.65. The molecule has 0 bridgehead atoms. The molecule has 0 saturated carbocycles. The van der Waals surface area contributed by atoms with Crippen molar-refractivity contribution in [3.8, 4) is 5.75 Å². The van der Waals surface area contributed by atoms with Gasteiger partial charge >= 0.3 is 0 Å². The van der Waals surface area contributed by atoms with Gasteiger partial charge in [-0.1, -0.05) is 0 Å². The molecule has 1 aromatic carbocycles. The lowest BCUT2D eigenvalue weighted by atomic mass is 10.3. The van der Waals surface area contributed by atoms with Crippen LogP contribution in [0.1, 0.15) is 0 Å². The molecule has 0 aromatic heterocycles. The average molecular weight is 210 g/mol. The van der Waals surface area contributed by atoms with Crippen LogP contribution in [0, 0.1) is 10.1 Å². The average Bonchev–Trinajstić information content (AvgIpc) is 2.17. The van der Waals surface area contributed by atoms with Crippen LogP contribution in [0.15, 0.2) is 24.3 Å². The molecular formula is C9H10N2O4. The molecule has 0 fully saturated rings. The molecule has 0 heterocycles. The monoisotopic (exact) mass is 210 g/mol. The van der Waals surface area contributed by atoms with Crippen molar-refractivity contribution in [2.24, 2.45) is 0 Å². The fourth-order valence-electron chi connectivity index (χ4n) is 0.992. The number of anilines is 1. The van der Waals surface area contributed by atoms with Gasteiger partial charge in [0.05, 0.1) is 7.11 Å². The molecular weight excluding hydrogens is 200 g/mol. The molecule has 0 saturated heterocycles. The fraction of sp³-hybridized carbons (Fsp3) is 0.222. The molecule has 0 aliphatic carbocycles. The van der Waals surface area contributed by atoms with Crippen LogP contribution in [-0.4, -0.2) is 24.5 Å². The number of hydrogen-bond donors (Lipinski definition) is 1. The number of methoxy groups -OCH3 is 1. The molecule has 0 atom stereocenters. The molecule has 6 heteroatoms. The minimum atomic E-state index is -0.730. The van der Waals surface area contributed by atoms with Crippen molar-refractivity contribution in [3.63, 3.8) is 0 Å². The van der Waals surface area contributed by atoms with Crippen molar-refractivity contribution in [2.75, 3.05) is 19.0 Å². The lowest BCUT2D eigenvalue weighted by Gasteiger charge is -2.03. The summed E-state index contributed by atoms with van der Waals surface area (Å²) in [4.78, 5) is 20.3. The van der Waals surface area contributed by atoms with E-state index in [4.69, 9.17) is 4.74 Å². The number of nitrogens with zero attached hydrogens (tertiary/aromatic N) is 1. The molecule has 0 spiro atoms. The van der Waals surface area contributed by atoms with E-state index in [9.17, 15) is 14.9 Å². The molecule has 1 rings (SSSR count). The Morgan fingerprint density at radius 2 is 2.07 bits per heavy atom. The molecule has 0 aliphatic rings. The Labute approximate surface area is 86.0 Å². The summed E-state index contributed by atoms with van der Waals surface area (Å²) in [5, 5.41) is 12.4. The molecule has 1 N–H and O–H groups in total. The summed E-state index contributed by atoms with van der Waals surface area (Å²) in [6.45, 7) is -0.730. The second-order valence-electron chi connectivity index (χ2n) is 2.77. The number of rotatable bonds is 4. The first-order valence-electron chi connectivity index (χ1n) is 4.17. The number of hydrogen-bond acceptors (Lipinski definition) is 4. The predicted molar refractivity (Wildman–Crippen MR) is 53.5 cm³/mol. The third kappa shape index (κ3) is 3.63. The summed E-state index contributed by atoms with van der Waals surface area (Å²) in [6, 6.07) is 6.52. The van der Waals surface area contributed by atoms with Crippen molar-refractivity contribution in [2.45, 2.75) is 0 Å². The number of benzene rings is 1. The van der Waals surface area contributed by atoms with Gasteiger partial charge in [0.15, 0.2) is 0 Å². The summed E-state index contributed by atoms with van der Waals surface area (Å²) in [5.41, 5.74) is 0.502. The summed E-state index contributed by atoms with van der Waals surface area (Å²) in [6.07, 6.45) is 0. The zero-order valence-electron chi connectivity index (χ0n) is 8.10. The topological polar surface area (TPSA) is 81.5 Å². The first kappa shape index (κ1) is 11.0. The van der Waals surface area contributed by atoms with E-state index in [1.165, 1.54) is 7.11 Å². The number of carbonyl (C=O) groups is 1. The van der Waals surface area contributed by atoms with E-state index in [0.29, 0.717) is 11.4 Å². The Bertz CT molecular complexity index is 361. The highest BCUT2D eigenvalue weighted by molar-refractivity contribution is 5.91. The first-order chi connectivity index (χ1) is 7.11. The van der Waals surface area contributed by atoms with Crippen LogP contribution in [0.4, 0.5) is 5.69 Å². The van der Waals surface area contributed by atoms with Gasteiger partial charge in [0.2, 0.25) is 0 Å². The third-order valence-corrected chi connectivity index (χ3v) is 1.65. The molecule has 15 heavy (non-hydrogen) atoms. The first-order valence-corrected chi connectivity index (χ1v) is 4.17. The van der Waals surface area contributed by atoms with E-state index in [2.05, 4.69) is 5.32 Å². The van der Waals surface area contributed by atoms with Gasteiger partial charge in [-0.3, -0.25) is 14.9 Å². The normalized spacial score (nSPS) is 9.40. The summed E-state index contributed by atoms with van der Waals surface area (Å²) in [7, 11) is 1.53. The zero-order valence-corrected chi connectivity index (χ0v) is 8.10. The van der Waals surface area contributed by atoms with Crippen LogP contribution in [0.5, 0.6) is 5.75 Å². The van der Waals surface area contributed by atoms with Crippen LogP contribution in [0.25, 0.3) is 0 Å². The maximum atomic E-state index is 11.0. The van der Waals surface area contributed by atoms with Gasteiger partial charge in [-0.25, -0.2) is 0 Å². The highest BCUT2D eigenvalue weighted by Gasteiger charge is 2.08. The number of amides is 1. The Morgan fingerprint density at radius 3 is 2.53 bits per heavy atom. The lowest BCUT2D eigenvalue weighted by Crippen LogP contribution is -2.21. The number of carbonyl (C=O) groups excluding carboxylic acids is 1. The van der Waals surface area contributed by atoms with Crippen LogP contribution in [-0.2, 0) is 4.79 Å². The SMILES string of the molecule is COc1ccc(NC(=O)C[N+](=O)[O-])cc1. The highest BCUT2D eigenvalue weighted by atomic mass is 16.6. The molecule has 6 nitrogen and oxygen atoms in total. The minimum Gasteiger partial charge on any atom is -0.497 e. The van der Waals surface area contributed by atoms with Gasteiger partial charge in [0.25, 0.3) is 12.5 Å². The quantitative estimate of drug-likeness (QED) is 0.591. The van der Waals surface area contributed by atoms with Gasteiger partial charge in [0.1, 0.15) is 5.75 Å². The second kappa shape index (κ2) is 4.94. The molecule has 0 aliphatic heterocycles. The zero-order chi connectivity index (χ0) is 11.3. The van der Waals surface area contributed by atoms with Gasteiger partial charge in [-0.2, -0.15) is 0 Å². The second-order valence-corrected chi connectivity index (χ2v) is 2.77. The van der Waals surface area contributed by atoms with Gasteiger partial charge in [0, 0.05) is 10.6 Å². The van der Waals surface area contributed by atoms with Gasteiger partial charge < -0.3 is 10.1 Å². The molecule has 1 aromatic rings. The maximum Gasteiger partial charge on any atom is 0.296 e. The Morgan fingerprint density at radius 1 is 1.47 bits per heavy atom.